The quantitative estimate of drug-likeness (QED) is 0.384. The predicted molar refractivity (Wildman–Crippen MR) is 141 cm³/mol. The first-order valence-electron chi connectivity index (χ1n) is 12.3. The zero-order valence-corrected chi connectivity index (χ0v) is 21.0. The average molecular weight is 514 g/mol. The zero-order valence-electron chi connectivity index (χ0n) is 20.2. The standard InChI is InChI=1S/C28H24FN5O2S/c1-17-12-33(16-31-17)23-7-4-19(22-10-32-36-26(22)23)8-20-9-28(14-37-15-28)13-34-25(24(35)11-30-27(20)34)18-2-5-21(29)6-3-18/h2-8,10,12,16,25H,9,11,13-15H2,1H3/b20-8+. The monoisotopic (exact) mass is 513 g/mol. The van der Waals surface area contributed by atoms with E-state index >= 15 is 0 Å². The Kier molecular flexibility index (Phi) is 5.11. The fourth-order valence-corrected chi connectivity index (χ4v) is 6.89. The van der Waals surface area contributed by atoms with Crippen molar-refractivity contribution in [2.45, 2.75) is 19.4 Å². The highest BCUT2D eigenvalue weighted by Crippen LogP contribution is 2.49. The molecule has 2 saturated heterocycles. The van der Waals surface area contributed by atoms with Gasteiger partial charge in [0.1, 0.15) is 24.2 Å². The number of carbonyl (C=O) groups excluding carboxylic acids is 1. The van der Waals surface area contributed by atoms with Crippen LogP contribution in [0.3, 0.4) is 0 Å². The molecule has 2 fully saturated rings. The van der Waals surface area contributed by atoms with Gasteiger partial charge >= 0.3 is 0 Å². The van der Waals surface area contributed by atoms with Crippen LogP contribution in [0.2, 0.25) is 0 Å². The number of hydrogen-bond acceptors (Lipinski definition) is 7. The molecule has 3 aliphatic heterocycles. The number of halogens is 1. The third kappa shape index (κ3) is 3.71. The topological polar surface area (TPSA) is 76.5 Å². The van der Waals surface area contributed by atoms with Crippen molar-refractivity contribution < 1.29 is 13.7 Å². The number of hydrogen-bond donors (Lipinski definition) is 0. The van der Waals surface area contributed by atoms with Crippen molar-refractivity contribution in [3.05, 3.63) is 83.3 Å². The van der Waals surface area contributed by atoms with E-state index in [1.165, 1.54) is 12.1 Å². The van der Waals surface area contributed by atoms with Crippen molar-refractivity contribution in [3.63, 3.8) is 0 Å². The molecule has 1 atom stereocenters. The van der Waals surface area contributed by atoms with Crippen molar-refractivity contribution in [1.82, 2.24) is 19.6 Å². The lowest BCUT2D eigenvalue weighted by atomic mass is 9.77. The SMILES string of the molecule is Cc1cn(-c2ccc(/C=C3\CC4(CSC4)CN4C3=NCC(=O)C4c3ccc(F)cc3)c3cnoc23)cn1. The summed E-state index contributed by atoms with van der Waals surface area (Å²) in [5, 5.41) is 5.01. The summed E-state index contributed by atoms with van der Waals surface area (Å²) in [7, 11) is 0. The molecular weight excluding hydrogens is 489 g/mol. The maximum absolute atomic E-state index is 13.7. The van der Waals surface area contributed by atoms with Gasteiger partial charge in [-0.3, -0.25) is 9.79 Å². The van der Waals surface area contributed by atoms with Crippen LogP contribution in [0.15, 0.2) is 70.2 Å². The molecule has 0 aliphatic carbocycles. The third-order valence-electron chi connectivity index (χ3n) is 7.49. The fraction of sp³-hybridized carbons (Fsp3) is 0.286. The van der Waals surface area contributed by atoms with Crippen molar-refractivity contribution in [2.24, 2.45) is 10.4 Å². The minimum Gasteiger partial charge on any atom is -0.354 e. The molecule has 7 nitrogen and oxygen atoms in total. The molecule has 37 heavy (non-hydrogen) atoms. The minimum absolute atomic E-state index is 0.0418. The highest BCUT2D eigenvalue weighted by Gasteiger charge is 2.49. The maximum Gasteiger partial charge on any atom is 0.191 e. The van der Waals surface area contributed by atoms with Gasteiger partial charge in [-0.2, -0.15) is 11.8 Å². The van der Waals surface area contributed by atoms with Gasteiger partial charge in [-0.25, -0.2) is 9.37 Å². The van der Waals surface area contributed by atoms with Gasteiger partial charge in [0.25, 0.3) is 0 Å². The zero-order chi connectivity index (χ0) is 25.1. The van der Waals surface area contributed by atoms with Crippen LogP contribution in [-0.2, 0) is 4.79 Å². The van der Waals surface area contributed by atoms with Crippen LogP contribution in [0.4, 0.5) is 4.39 Å². The summed E-state index contributed by atoms with van der Waals surface area (Å²) in [4.78, 5) is 24.4. The minimum atomic E-state index is -0.457. The van der Waals surface area contributed by atoms with Gasteiger partial charge in [0.15, 0.2) is 11.4 Å². The number of imidazole rings is 1. The van der Waals surface area contributed by atoms with E-state index in [4.69, 9.17) is 9.52 Å². The Morgan fingerprint density at radius 3 is 2.76 bits per heavy atom. The van der Waals surface area contributed by atoms with Gasteiger partial charge in [0, 0.05) is 29.7 Å². The molecule has 1 unspecified atom stereocenters. The maximum atomic E-state index is 13.7. The Morgan fingerprint density at radius 2 is 2.03 bits per heavy atom. The Morgan fingerprint density at radius 1 is 1.19 bits per heavy atom. The van der Waals surface area contributed by atoms with Gasteiger partial charge in [0.2, 0.25) is 0 Å². The van der Waals surface area contributed by atoms with Crippen LogP contribution in [-0.4, -0.2) is 55.8 Å². The molecule has 3 aliphatic rings. The number of ketones is 1. The number of thioether (sulfide) groups is 1. The first-order chi connectivity index (χ1) is 18.0. The molecule has 9 heteroatoms. The molecule has 4 aromatic rings. The molecule has 0 N–H and O–H groups in total. The van der Waals surface area contributed by atoms with E-state index in [2.05, 4.69) is 27.2 Å². The van der Waals surface area contributed by atoms with Crippen molar-refractivity contribution >= 4 is 40.4 Å². The number of amidine groups is 1. The number of piperidine rings is 1. The number of aryl methyl sites for hydroxylation is 1. The number of nitrogens with zero attached hydrogens (tertiary/aromatic N) is 5. The second kappa shape index (κ2) is 8.41. The molecule has 2 aromatic heterocycles. The Bertz CT molecular complexity index is 1600. The number of fused-ring (bicyclic) bond motifs is 2. The van der Waals surface area contributed by atoms with Crippen molar-refractivity contribution in [2.75, 3.05) is 24.6 Å². The van der Waals surface area contributed by atoms with E-state index in [-0.39, 0.29) is 23.6 Å². The lowest BCUT2D eigenvalue weighted by Crippen LogP contribution is -2.57. The van der Waals surface area contributed by atoms with Crippen LogP contribution in [0.5, 0.6) is 0 Å². The highest BCUT2D eigenvalue weighted by atomic mass is 32.2. The summed E-state index contributed by atoms with van der Waals surface area (Å²) >= 11 is 1.93. The van der Waals surface area contributed by atoms with E-state index in [1.54, 1.807) is 24.7 Å². The van der Waals surface area contributed by atoms with Crippen LogP contribution in [0.25, 0.3) is 22.7 Å². The van der Waals surface area contributed by atoms with E-state index < -0.39 is 6.04 Å². The first kappa shape index (κ1) is 22.5. The molecule has 0 saturated carbocycles. The van der Waals surface area contributed by atoms with E-state index in [0.29, 0.717) is 5.58 Å². The van der Waals surface area contributed by atoms with Gasteiger partial charge in [-0.1, -0.05) is 23.4 Å². The van der Waals surface area contributed by atoms with Gasteiger partial charge in [-0.05, 0) is 54.3 Å². The summed E-state index contributed by atoms with van der Waals surface area (Å²) < 4.78 is 21.3. The summed E-state index contributed by atoms with van der Waals surface area (Å²) in [5.74, 6) is 2.68. The van der Waals surface area contributed by atoms with Gasteiger partial charge in [0.05, 0.1) is 29.3 Å². The van der Waals surface area contributed by atoms with Crippen LogP contribution < -0.4 is 0 Å². The van der Waals surface area contributed by atoms with Crippen LogP contribution in [0, 0.1) is 18.2 Å². The fourth-order valence-electron chi connectivity index (χ4n) is 5.72. The lowest BCUT2D eigenvalue weighted by molar-refractivity contribution is -0.123. The van der Waals surface area contributed by atoms with E-state index in [9.17, 15) is 9.18 Å². The molecule has 2 aromatic carbocycles. The number of aromatic nitrogens is 3. The Hall–Kier alpha value is -3.72. The van der Waals surface area contributed by atoms with Crippen molar-refractivity contribution in [3.8, 4) is 5.69 Å². The summed E-state index contributed by atoms with van der Waals surface area (Å²) in [6, 6.07) is 9.93. The molecular formula is C28H24FN5O2S. The normalized spacial score (nSPS) is 21.8. The summed E-state index contributed by atoms with van der Waals surface area (Å²) in [6.45, 7) is 2.84. The van der Waals surface area contributed by atoms with Crippen LogP contribution in [0.1, 0.15) is 29.3 Å². The van der Waals surface area contributed by atoms with Gasteiger partial charge < -0.3 is 14.0 Å². The number of carbonyl (C=O) groups is 1. The van der Waals surface area contributed by atoms with E-state index in [1.807, 2.05) is 35.5 Å². The lowest BCUT2D eigenvalue weighted by Gasteiger charge is -2.53. The molecule has 7 rings (SSSR count). The number of rotatable bonds is 3. The molecule has 186 valence electrons. The Balaban J connectivity index is 1.33. The number of aliphatic imine (C=N–C) groups is 1. The second-order valence-electron chi connectivity index (χ2n) is 10.2. The van der Waals surface area contributed by atoms with E-state index in [0.717, 1.165) is 63.8 Å². The summed E-state index contributed by atoms with van der Waals surface area (Å²) in [6.07, 6.45) is 8.55. The molecule has 1 spiro atoms. The second-order valence-corrected chi connectivity index (χ2v) is 11.2. The van der Waals surface area contributed by atoms with Gasteiger partial charge in [-0.15, -0.1) is 0 Å². The van der Waals surface area contributed by atoms with Crippen molar-refractivity contribution in [1.29, 1.82) is 0 Å². The molecule has 0 amide bonds. The molecule has 5 heterocycles. The smallest absolute Gasteiger partial charge is 0.191 e. The number of benzene rings is 2. The predicted octanol–water partition coefficient (Wildman–Crippen LogP) is 5.01. The molecule has 0 radical (unpaired) electrons. The first-order valence-corrected chi connectivity index (χ1v) is 13.4. The number of Topliss-reactive ketones (excluding diaryl/α,β-unsaturated/α-hetero) is 1. The highest BCUT2D eigenvalue weighted by molar-refractivity contribution is 8.00. The molecule has 0 bridgehead atoms. The summed E-state index contributed by atoms with van der Waals surface area (Å²) in [5.41, 5.74) is 5.50. The third-order valence-corrected chi connectivity index (χ3v) is 9.12. The van der Waals surface area contributed by atoms with Crippen LogP contribution >= 0.6 is 11.8 Å². The average Bonchev–Trinajstić information content (AvgIpc) is 3.53. The Labute approximate surface area is 217 Å². The largest absolute Gasteiger partial charge is 0.354 e.